The fraction of sp³-hybridized carbons (Fsp3) is 0.280. The highest BCUT2D eigenvalue weighted by molar-refractivity contribution is 5.87. The van der Waals surface area contributed by atoms with E-state index in [9.17, 15) is 0 Å². The molecule has 1 saturated carbocycles. The third-order valence-electron chi connectivity index (χ3n) is 5.76. The number of hydrogen-bond donors (Lipinski definition) is 1. The lowest BCUT2D eigenvalue weighted by atomic mass is 9.96. The molecular formula is C25H26N4O. The summed E-state index contributed by atoms with van der Waals surface area (Å²) in [6, 6.07) is 20.9. The fourth-order valence-corrected chi connectivity index (χ4v) is 4.18. The van der Waals surface area contributed by atoms with E-state index in [0.717, 1.165) is 28.0 Å². The average molecular weight is 399 g/mol. The molecule has 1 aliphatic carbocycles. The van der Waals surface area contributed by atoms with Crippen LogP contribution in [-0.2, 0) is 6.61 Å². The highest BCUT2D eigenvalue weighted by Crippen LogP contribution is 2.29. The second kappa shape index (κ2) is 8.57. The minimum Gasteiger partial charge on any atom is -0.488 e. The van der Waals surface area contributed by atoms with Gasteiger partial charge in [0.25, 0.3) is 0 Å². The molecule has 2 aromatic heterocycles. The van der Waals surface area contributed by atoms with Gasteiger partial charge in [-0.2, -0.15) is 4.98 Å². The third kappa shape index (κ3) is 4.01. The number of benzene rings is 2. The van der Waals surface area contributed by atoms with Crippen molar-refractivity contribution in [2.24, 2.45) is 0 Å². The SMILES string of the molecule is c1ccc(COc2cccc3c2ccn3-c2ccnc(NC3CCCCC3)n2)cc1. The van der Waals surface area contributed by atoms with Gasteiger partial charge in [-0.25, -0.2) is 4.98 Å². The van der Waals surface area contributed by atoms with Gasteiger partial charge in [0.15, 0.2) is 0 Å². The number of anilines is 1. The second-order valence-corrected chi connectivity index (χ2v) is 7.87. The summed E-state index contributed by atoms with van der Waals surface area (Å²) in [7, 11) is 0. The molecule has 2 heterocycles. The van der Waals surface area contributed by atoms with Crippen LogP contribution in [0.4, 0.5) is 5.95 Å². The smallest absolute Gasteiger partial charge is 0.224 e. The van der Waals surface area contributed by atoms with Crippen LogP contribution in [0.5, 0.6) is 5.75 Å². The van der Waals surface area contributed by atoms with Crippen molar-refractivity contribution in [3.8, 4) is 11.6 Å². The van der Waals surface area contributed by atoms with Crippen molar-refractivity contribution in [2.45, 2.75) is 44.8 Å². The predicted octanol–water partition coefficient (Wildman–Crippen LogP) is 5.74. The monoisotopic (exact) mass is 398 g/mol. The van der Waals surface area contributed by atoms with Crippen LogP contribution in [0.15, 0.2) is 73.1 Å². The largest absolute Gasteiger partial charge is 0.488 e. The second-order valence-electron chi connectivity index (χ2n) is 7.87. The van der Waals surface area contributed by atoms with E-state index in [2.05, 4.69) is 39.1 Å². The summed E-state index contributed by atoms with van der Waals surface area (Å²) in [6.07, 6.45) is 10.2. The molecule has 152 valence electrons. The zero-order chi connectivity index (χ0) is 20.2. The Morgan fingerprint density at radius 3 is 2.67 bits per heavy atom. The molecule has 4 aromatic rings. The fourth-order valence-electron chi connectivity index (χ4n) is 4.18. The van der Waals surface area contributed by atoms with Crippen molar-refractivity contribution in [1.82, 2.24) is 14.5 Å². The van der Waals surface area contributed by atoms with Gasteiger partial charge >= 0.3 is 0 Å². The highest BCUT2D eigenvalue weighted by atomic mass is 16.5. The predicted molar refractivity (Wildman–Crippen MR) is 120 cm³/mol. The minimum absolute atomic E-state index is 0.480. The third-order valence-corrected chi connectivity index (χ3v) is 5.76. The molecule has 0 aliphatic heterocycles. The average Bonchev–Trinajstić information content (AvgIpc) is 3.24. The van der Waals surface area contributed by atoms with Crippen LogP contribution in [0.3, 0.4) is 0 Å². The molecule has 0 amide bonds. The van der Waals surface area contributed by atoms with Crippen LogP contribution in [0.25, 0.3) is 16.7 Å². The molecule has 0 saturated heterocycles. The van der Waals surface area contributed by atoms with Crippen molar-refractivity contribution in [3.05, 3.63) is 78.6 Å². The van der Waals surface area contributed by atoms with Crippen molar-refractivity contribution in [2.75, 3.05) is 5.32 Å². The van der Waals surface area contributed by atoms with Crippen molar-refractivity contribution >= 4 is 16.9 Å². The minimum atomic E-state index is 0.480. The number of nitrogens with one attached hydrogen (secondary N) is 1. The maximum absolute atomic E-state index is 6.12. The molecule has 1 N–H and O–H groups in total. The molecule has 5 nitrogen and oxygen atoms in total. The first kappa shape index (κ1) is 18.7. The van der Waals surface area contributed by atoms with Gasteiger partial charge in [0.2, 0.25) is 5.95 Å². The maximum Gasteiger partial charge on any atom is 0.224 e. The van der Waals surface area contributed by atoms with E-state index in [-0.39, 0.29) is 0 Å². The Balaban J connectivity index is 1.39. The standard InChI is InChI=1S/C25H26N4O/c1-3-8-19(9-4-1)18-30-23-13-7-12-22-21(23)15-17-29(22)24-14-16-26-25(28-24)27-20-10-5-2-6-11-20/h1,3-4,7-9,12-17,20H,2,5-6,10-11,18H2,(H,26,27,28). The van der Waals surface area contributed by atoms with E-state index in [0.29, 0.717) is 18.6 Å². The number of hydrogen-bond acceptors (Lipinski definition) is 4. The van der Waals surface area contributed by atoms with Gasteiger partial charge in [0, 0.05) is 23.8 Å². The Labute approximate surface area is 176 Å². The van der Waals surface area contributed by atoms with Crippen molar-refractivity contribution in [1.29, 1.82) is 0 Å². The normalized spacial score (nSPS) is 14.7. The Morgan fingerprint density at radius 1 is 0.933 bits per heavy atom. The molecule has 1 aliphatic rings. The molecule has 5 rings (SSSR count). The Hall–Kier alpha value is -3.34. The lowest BCUT2D eigenvalue weighted by Crippen LogP contribution is -2.23. The molecule has 0 bridgehead atoms. The van der Waals surface area contributed by atoms with Gasteiger partial charge < -0.3 is 14.6 Å². The first-order chi connectivity index (χ1) is 14.9. The van der Waals surface area contributed by atoms with Gasteiger partial charge in [-0.15, -0.1) is 0 Å². The Bertz CT molecular complexity index is 1120. The molecule has 1 fully saturated rings. The summed E-state index contributed by atoms with van der Waals surface area (Å²) in [6.45, 7) is 0.550. The molecule has 0 atom stereocenters. The van der Waals surface area contributed by atoms with Crippen LogP contribution >= 0.6 is 0 Å². The van der Waals surface area contributed by atoms with Crippen LogP contribution in [0.2, 0.25) is 0 Å². The van der Waals surface area contributed by atoms with Crippen LogP contribution < -0.4 is 10.1 Å². The first-order valence-electron chi connectivity index (χ1n) is 10.7. The van der Waals surface area contributed by atoms with E-state index >= 15 is 0 Å². The summed E-state index contributed by atoms with van der Waals surface area (Å²) < 4.78 is 8.22. The van der Waals surface area contributed by atoms with E-state index < -0.39 is 0 Å². The summed E-state index contributed by atoms with van der Waals surface area (Å²) in [5.41, 5.74) is 2.23. The van der Waals surface area contributed by atoms with E-state index in [1.807, 2.05) is 48.8 Å². The van der Waals surface area contributed by atoms with Crippen molar-refractivity contribution in [3.63, 3.8) is 0 Å². The van der Waals surface area contributed by atoms with Gasteiger partial charge in [0.05, 0.1) is 5.52 Å². The van der Waals surface area contributed by atoms with Gasteiger partial charge in [0.1, 0.15) is 18.2 Å². The zero-order valence-electron chi connectivity index (χ0n) is 17.0. The summed E-state index contributed by atoms with van der Waals surface area (Å²) >= 11 is 0. The zero-order valence-corrected chi connectivity index (χ0v) is 17.0. The lowest BCUT2D eigenvalue weighted by molar-refractivity contribution is 0.310. The summed E-state index contributed by atoms with van der Waals surface area (Å²) in [5.74, 6) is 2.45. The first-order valence-corrected chi connectivity index (χ1v) is 10.7. The molecule has 0 radical (unpaired) electrons. The van der Waals surface area contributed by atoms with Crippen LogP contribution in [-0.4, -0.2) is 20.6 Å². The number of fused-ring (bicyclic) bond motifs is 1. The number of ether oxygens (including phenoxy) is 1. The summed E-state index contributed by atoms with van der Waals surface area (Å²) in [4.78, 5) is 9.23. The highest BCUT2D eigenvalue weighted by Gasteiger charge is 2.15. The molecule has 5 heteroatoms. The molecule has 0 spiro atoms. The van der Waals surface area contributed by atoms with Gasteiger partial charge in [-0.05, 0) is 42.7 Å². The van der Waals surface area contributed by atoms with Crippen molar-refractivity contribution < 1.29 is 4.74 Å². The molecule has 30 heavy (non-hydrogen) atoms. The van der Waals surface area contributed by atoms with E-state index in [1.54, 1.807) is 0 Å². The lowest BCUT2D eigenvalue weighted by Gasteiger charge is -2.22. The van der Waals surface area contributed by atoms with E-state index in [4.69, 9.17) is 9.72 Å². The quantitative estimate of drug-likeness (QED) is 0.450. The van der Waals surface area contributed by atoms with E-state index in [1.165, 1.54) is 32.1 Å². The Morgan fingerprint density at radius 2 is 1.80 bits per heavy atom. The Kier molecular flexibility index (Phi) is 5.34. The topological polar surface area (TPSA) is 52.0 Å². The number of aromatic nitrogens is 3. The number of nitrogens with zero attached hydrogens (tertiary/aromatic N) is 3. The van der Waals surface area contributed by atoms with Gasteiger partial charge in [-0.1, -0.05) is 55.7 Å². The molecular weight excluding hydrogens is 372 g/mol. The maximum atomic E-state index is 6.12. The molecule has 2 aromatic carbocycles. The van der Waals surface area contributed by atoms with Crippen LogP contribution in [0.1, 0.15) is 37.7 Å². The molecule has 0 unspecified atom stereocenters. The van der Waals surface area contributed by atoms with Crippen LogP contribution in [0, 0.1) is 0 Å². The summed E-state index contributed by atoms with van der Waals surface area (Å²) in [5, 5.41) is 4.60. The van der Waals surface area contributed by atoms with Gasteiger partial charge in [-0.3, -0.25) is 0 Å². The number of rotatable bonds is 6.